The molecule has 2 heterocycles. The molecule has 14 heteroatoms. The topological polar surface area (TPSA) is 122 Å². The lowest BCUT2D eigenvalue weighted by molar-refractivity contribution is -0.138. The highest BCUT2D eigenvalue weighted by Crippen LogP contribution is 2.44. The second kappa shape index (κ2) is 14.8. The van der Waals surface area contributed by atoms with E-state index in [0.29, 0.717) is 18.6 Å². The van der Waals surface area contributed by atoms with Gasteiger partial charge >= 0.3 is 6.09 Å². The van der Waals surface area contributed by atoms with E-state index in [4.69, 9.17) is 16.3 Å². The number of carbonyl (C=O) groups is 3. The molecule has 0 spiro atoms. The summed E-state index contributed by atoms with van der Waals surface area (Å²) in [7, 11) is -4.15. The fraction of sp³-hybridized carbons (Fsp3) is 0.400. The lowest BCUT2D eigenvalue weighted by atomic mass is 9.96. The molecule has 3 amide bonds. The number of amides is 3. The van der Waals surface area contributed by atoms with Gasteiger partial charge in [-0.05, 0) is 54.9 Å². The number of rotatable bonds is 10. The van der Waals surface area contributed by atoms with Gasteiger partial charge in [0.1, 0.15) is 6.04 Å². The van der Waals surface area contributed by atoms with Gasteiger partial charge in [-0.2, -0.15) is 0 Å². The highest BCUT2D eigenvalue weighted by molar-refractivity contribution is 7.92. The molecular formula is C35H37ClF3N3O6S. The number of nitrogens with one attached hydrogen (secondary N) is 2. The number of piperidine rings is 1. The summed E-state index contributed by atoms with van der Waals surface area (Å²) in [4.78, 5) is 41.2. The van der Waals surface area contributed by atoms with Gasteiger partial charge in [-0.25, -0.2) is 26.4 Å². The van der Waals surface area contributed by atoms with Crippen LogP contribution < -0.4 is 10.6 Å². The molecule has 3 aromatic carbocycles. The van der Waals surface area contributed by atoms with Crippen LogP contribution in [0, 0.1) is 29.3 Å². The Hall–Kier alpha value is -4.10. The average molecular weight is 720 g/mol. The van der Waals surface area contributed by atoms with Crippen LogP contribution in [-0.2, 0) is 25.8 Å². The highest BCUT2D eigenvalue weighted by Gasteiger charge is 2.51. The summed E-state index contributed by atoms with van der Waals surface area (Å²) in [6.45, 7) is 5.93. The number of hydrogen-bond acceptors (Lipinski definition) is 6. The minimum atomic E-state index is -4.15. The van der Waals surface area contributed by atoms with E-state index in [-0.39, 0.29) is 64.8 Å². The van der Waals surface area contributed by atoms with Crippen LogP contribution in [0.15, 0.2) is 65.6 Å². The Bertz CT molecular complexity index is 1820. The molecule has 49 heavy (non-hydrogen) atoms. The van der Waals surface area contributed by atoms with Crippen LogP contribution in [0.3, 0.4) is 0 Å². The third-order valence-corrected chi connectivity index (χ3v) is 11.6. The second-order valence-corrected chi connectivity index (χ2v) is 15.7. The van der Waals surface area contributed by atoms with E-state index in [1.165, 1.54) is 12.1 Å². The van der Waals surface area contributed by atoms with Crippen LogP contribution in [-0.4, -0.2) is 61.2 Å². The summed E-state index contributed by atoms with van der Waals surface area (Å²) < 4.78 is 74.2. The molecule has 262 valence electrons. The molecule has 2 aliphatic rings. The lowest BCUT2D eigenvalue weighted by Crippen LogP contribution is -2.57. The third-order valence-electron chi connectivity index (χ3n) is 8.95. The van der Waals surface area contributed by atoms with Gasteiger partial charge in [0.25, 0.3) is 5.91 Å². The maximum Gasteiger partial charge on any atom is 0.407 e. The fourth-order valence-corrected chi connectivity index (χ4v) is 8.95. The van der Waals surface area contributed by atoms with Crippen molar-refractivity contribution in [3.05, 3.63) is 94.3 Å². The number of benzene rings is 3. The highest BCUT2D eigenvalue weighted by atomic mass is 35.5. The lowest BCUT2D eigenvalue weighted by Gasteiger charge is -2.41. The van der Waals surface area contributed by atoms with Gasteiger partial charge in [0.2, 0.25) is 5.91 Å². The maximum absolute atomic E-state index is 14.2. The summed E-state index contributed by atoms with van der Waals surface area (Å²) in [6.07, 6.45) is 0.256. The first-order valence-electron chi connectivity index (χ1n) is 15.9. The first-order chi connectivity index (χ1) is 23.1. The van der Waals surface area contributed by atoms with Crippen LogP contribution in [0.25, 0.3) is 0 Å². The number of fused-ring (bicyclic) bond motifs is 2. The van der Waals surface area contributed by atoms with Crippen molar-refractivity contribution in [2.45, 2.75) is 74.7 Å². The molecule has 2 N–H and O–H groups in total. The standard InChI is InChI=1S/C35H37ClF3N3O6S/c1-19(2)18-48-35(45)41-29(12-21-7-5-4-6-8-21)34(44)42-24-11-20(3)30(42)17-25(16-24)49(46,47)31-13-22(9-10-26(31)36)33(43)40-23-14-27(37)32(39)28(38)15-23/h4-10,13-15,19-20,24-25,29-30H,11-12,16-18H2,1-3H3,(H,40,43)(H,41,45)/t20-,24?,25?,29-,30?/m0/s1. The molecule has 2 saturated heterocycles. The fourth-order valence-electron chi connectivity index (χ4n) is 6.60. The Labute approximate surface area is 288 Å². The van der Waals surface area contributed by atoms with Crippen LogP contribution in [0.2, 0.25) is 5.02 Å². The Balaban J connectivity index is 1.36. The zero-order chi connectivity index (χ0) is 35.6. The Morgan fingerprint density at radius 2 is 1.65 bits per heavy atom. The molecule has 2 bridgehead atoms. The molecule has 3 aromatic rings. The van der Waals surface area contributed by atoms with Crippen molar-refractivity contribution in [1.29, 1.82) is 0 Å². The van der Waals surface area contributed by atoms with Gasteiger partial charge in [0.05, 0.1) is 21.8 Å². The van der Waals surface area contributed by atoms with E-state index < -0.39 is 62.7 Å². The van der Waals surface area contributed by atoms with Crippen LogP contribution in [0.4, 0.5) is 23.7 Å². The molecule has 2 aliphatic heterocycles. The minimum Gasteiger partial charge on any atom is -0.449 e. The molecule has 9 nitrogen and oxygen atoms in total. The van der Waals surface area contributed by atoms with E-state index in [2.05, 4.69) is 10.6 Å². The Kier molecular flexibility index (Phi) is 10.9. The van der Waals surface area contributed by atoms with E-state index in [1.807, 2.05) is 51.1 Å². The maximum atomic E-state index is 14.2. The smallest absolute Gasteiger partial charge is 0.407 e. The summed E-state index contributed by atoms with van der Waals surface area (Å²) in [5.74, 6) is -5.86. The van der Waals surface area contributed by atoms with E-state index in [1.54, 1.807) is 4.90 Å². The molecule has 3 unspecified atom stereocenters. The second-order valence-electron chi connectivity index (χ2n) is 13.1. The molecule has 0 aliphatic carbocycles. The van der Waals surface area contributed by atoms with E-state index in [9.17, 15) is 36.0 Å². The van der Waals surface area contributed by atoms with E-state index >= 15 is 0 Å². The number of carbonyl (C=O) groups excluding carboxylic acids is 3. The predicted molar refractivity (Wildman–Crippen MR) is 177 cm³/mol. The van der Waals surface area contributed by atoms with Crippen molar-refractivity contribution in [3.63, 3.8) is 0 Å². The van der Waals surface area contributed by atoms with Crippen LogP contribution in [0.5, 0.6) is 0 Å². The molecule has 0 aromatic heterocycles. The van der Waals surface area contributed by atoms with Gasteiger partial charge in [-0.1, -0.05) is 62.7 Å². The number of sulfone groups is 1. The molecule has 5 rings (SSSR count). The first-order valence-corrected chi connectivity index (χ1v) is 17.9. The minimum absolute atomic E-state index is 0.0384. The predicted octanol–water partition coefficient (Wildman–Crippen LogP) is 6.54. The zero-order valence-electron chi connectivity index (χ0n) is 27.1. The Morgan fingerprint density at radius 3 is 2.29 bits per heavy atom. The average Bonchev–Trinajstić information content (AvgIpc) is 3.25. The molecule has 5 atom stereocenters. The van der Waals surface area contributed by atoms with Crippen LogP contribution in [0.1, 0.15) is 56.0 Å². The SMILES string of the molecule is CC(C)COC(=O)N[C@@H](Cc1ccccc1)C(=O)N1C2CC(S(=O)(=O)c3cc(C(=O)Nc4cc(F)c(F)c(F)c4)ccc3Cl)CC1[C@@H](C)C2. The molecule has 2 fully saturated rings. The largest absolute Gasteiger partial charge is 0.449 e. The number of hydrogen-bond donors (Lipinski definition) is 2. The molecular weight excluding hydrogens is 683 g/mol. The first kappa shape index (κ1) is 36.2. The quantitative estimate of drug-likeness (QED) is 0.230. The number of nitrogens with zero attached hydrogens (tertiary/aromatic N) is 1. The van der Waals surface area contributed by atoms with Gasteiger partial charge in [-0.15, -0.1) is 0 Å². The summed E-state index contributed by atoms with van der Waals surface area (Å²) >= 11 is 6.36. The Morgan fingerprint density at radius 1 is 0.980 bits per heavy atom. The summed E-state index contributed by atoms with van der Waals surface area (Å²) in [5.41, 5.74) is 0.309. The number of halogens is 4. The van der Waals surface area contributed by atoms with Crippen molar-refractivity contribution in [1.82, 2.24) is 10.2 Å². The molecule has 0 radical (unpaired) electrons. The third kappa shape index (κ3) is 8.04. The normalized spacial score (nSPS) is 20.9. The van der Waals surface area contributed by atoms with Gasteiger partial charge < -0.3 is 20.3 Å². The van der Waals surface area contributed by atoms with E-state index in [0.717, 1.165) is 11.6 Å². The number of ether oxygens (including phenoxy) is 1. The van der Waals surface area contributed by atoms with Crippen LogP contribution >= 0.6 is 11.6 Å². The van der Waals surface area contributed by atoms with Crippen molar-refractivity contribution in [2.24, 2.45) is 11.8 Å². The monoisotopic (exact) mass is 719 g/mol. The van der Waals surface area contributed by atoms with Crippen molar-refractivity contribution >= 4 is 45.0 Å². The van der Waals surface area contributed by atoms with Gasteiger partial charge in [0.15, 0.2) is 27.3 Å². The zero-order valence-corrected chi connectivity index (χ0v) is 28.7. The van der Waals surface area contributed by atoms with Gasteiger partial charge in [0, 0.05) is 41.9 Å². The summed E-state index contributed by atoms with van der Waals surface area (Å²) in [6, 6.07) is 12.2. The number of alkyl carbamates (subject to hydrolysis) is 1. The summed E-state index contributed by atoms with van der Waals surface area (Å²) in [5, 5.41) is 3.91. The van der Waals surface area contributed by atoms with Crippen molar-refractivity contribution < 1.29 is 40.7 Å². The van der Waals surface area contributed by atoms with Gasteiger partial charge in [-0.3, -0.25) is 9.59 Å². The number of anilines is 1. The van der Waals surface area contributed by atoms with Crippen molar-refractivity contribution in [2.75, 3.05) is 11.9 Å². The van der Waals surface area contributed by atoms with Crippen molar-refractivity contribution in [3.8, 4) is 0 Å². The molecule has 0 saturated carbocycles.